The van der Waals surface area contributed by atoms with E-state index in [0.717, 1.165) is 6.54 Å². The smallest absolute Gasteiger partial charge is 0.319 e. The Bertz CT molecular complexity index is 711. The quantitative estimate of drug-likeness (QED) is 0.544. The van der Waals surface area contributed by atoms with Gasteiger partial charge >= 0.3 is 6.03 Å². The molecule has 1 aromatic carbocycles. The van der Waals surface area contributed by atoms with Crippen LogP contribution in [0.15, 0.2) is 24.3 Å². The predicted molar refractivity (Wildman–Crippen MR) is 112 cm³/mol. The number of amides is 3. The molecule has 7 nitrogen and oxygen atoms in total. The van der Waals surface area contributed by atoms with E-state index in [4.69, 9.17) is 4.74 Å². The molecule has 4 N–H and O–H groups in total. The van der Waals surface area contributed by atoms with E-state index in [1.807, 2.05) is 0 Å². The largest absolute Gasteiger partial charge is 0.394 e. The first-order chi connectivity index (χ1) is 14.5. The van der Waals surface area contributed by atoms with Crippen molar-refractivity contribution in [1.82, 2.24) is 10.6 Å². The number of hydrogen-bond acceptors (Lipinski definition) is 4. The van der Waals surface area contributed by atoms with Crippen molar-refractivity contribution in [2.75, 3.05) is 18.5 Å². The lowest BCUT2D eigenvalue weighted by molar-refractivity contribution is -0.131. The number of hydrogen-bond donors (Lipinski definition) is 4. The molecule has 1 saturated carbocycles. The van der Waals surface area contributed by atoms with Crippen LogP contribution in [0.25, 0.3) is 0 Å². The number of ether oxygens (including phenoxy) is 1. The standard InChI is InChI=1S/C22H32FN3O4/c23-16-7-4-8-17(11-16)25-22(29)26-19-10-9-18(30-20(19)14-27)12-21(28)24-13-15-5-2-1-3-6-15/h4,7-8,11,15,18-20,27H,1-3,5-6,9-10,12-14H2,(H,24,28)(H2,25,26,29)/t18-,19-,20+/m1/s1. The number of aliphatic hydroxyl groups excluding tert-OH is 1. The molecule has 3 amide bonds. The van der Waals surface area contributed by atoms with E-state index >= 15 is 0 Å². The Morgan fingerprint density at radius 2 is 1.93 bits per heavy atom. The molecule has 0 radical (unpaired) electrons. The van der Waals surface area contributed by atoms with Crippen molar-refractivity contribution in [3.8, 4) is 0 Å². The molecule has 166 valence electrons. The zero-order valence-corrected chi connectivity index (χ0v) is 17.2. The van der Waals surface area contributed by atoms with Gasteiger partial charge in [-0.2, -0.15) is 0 Å². The highest BCUT2D eigenvalue weighted by Gasteiger charge is 2.33. The molecule has 2 fully saturated rings. The van der Waals surface area contributed by atoms with E-state index in [9.17, 15) is 19.1 Å². The number of anilines is 1. The molecule has 0 aromatic heterocycles. The summed E-state index contributed by atoms with van der Waals surface area (Å²) < 4.78 is 19.1. The fourth-order valence-corrected chi connectivity index (χ4v) is 4.28. The van der Waals surface area contributed by atoms with Crippen molar-refractivity contribution < 1.29 is 23.8 Å². The van der Waals surface area contributed by atoms with Gasteiger partial charge < -0.3 is 25.8 Å². The molecule has 0 unspecified atom stereocenters. The topological polar surface area (TPSA) is 99.7 Å². The molecule has 3 rings (SSSR count). The molecule has 1 aliphatic carbocycles. The Kier molecular flexibility index (Phi) is 8.45. The van der Waals surface area contributed by atoms with E-state index in [0.29, 0.717) is 24.4 Å². The molecule has 2 aliphatic rings. The van der Waals surface area contributed by atoms with Crippen LogP contribution < -0.4 is 16.0 Å². The summed E-state index contributed by atoms with van der Waals surface area (Å²) in [5.41, 5.74) is 0.345. The van der Waals surface area contributed by atoms with Crippen molar-refractivity contribution >= 4 is 17.6 Å². The number of halogens is 1. The van der Waals surface area contributed by atoms with Gasteiger partial charge in [0.05, 0.1) is 25.2 Å². The Morgan fingerprint density at radius 1 is 1.13 bits per heavy atom. The Morgan fingerprint density at radius 3 is 2.67 bits per heavy atom. The minimum absolute atomic E-state index is 0.0301. The molecule has 0 bridgehead atoms. The van der Waals surface area contributed by atoms with Gasteiger partial charge in [0.15, 0.2) is 0 Å². The third kappa shape index (κ3) is 6.95. The zero-order valence-electron chi connectivity index (χ0n) is 17.2. The van der Waals surface area contributed by atoms with Gasteiger partial charge in [-0.1, -0.05) is 25.3 Å². The monoisotopic (exact) mass is 421 g/mol. The lowest BCUT2D eigenvalue weighted by Gasteiger charge is -2.36. The van der Waals surface area contributed by atoms with Gasteiger partial charge in [-0.05, 0) is 49.8 Å². The number of urea groups is 1. The van der Waals surface area contributed by atoms with Crippen molar-refractivity contribution in [1.29, 1.82) is 0 Å². The van der Waals surface area contributed by atoms with Crippen LogP contribution in [-0.4, -0.2) is 48.4 Å². The van der Waals surface area contributed by atoms with Gasteiger partial charge in [0.25, 0.3) is 0 Å². The maximum atomic E-state index is 13.2. The summed E-state index contributed by atoms with van der Waals surface area (Å²) >= 11 is 0. The third-order valence-electron chi connectivity index (χ3n) is 5.92. The molecule has 30 heavy (non-hydrogen) atoms. The number of carbonyl (C=O) groups excluding carboxylic acids is 2. The molecule has 1 heterocycles. The molecule has 1 saturated heterocycles. The molecule has 0 spiro atoms. The lowest BCUT2D eigenvalue weighted by atomic mass is 9.89. The number of rotatable bonds is 7. The maximum absolute atomic E-state index is 13.2. The zero-order chi connectivity index (χ0) is 21.3. The fourth-order valence-electron chi connectivity index (χ4n) is 4.28. The number of aliphatic hydroxyl groups is 1. The van der Waals surface area contributed by atoms with Gasteiger partial charge in [-0.25, -0.2) is 9.18 Å². The van der Waals surface area contributed by atoms with Crippen LogP contribution in [0.2, 0.25) is 0 Å². The van der Waals surface area contributed by atoms with E-state index in [1.165, 1.54) is 50.3 Å². The summed E-state index contributed by atoms with van der Waals surface area (Å²) in [6, 6.07) is 4.75. The van der Waals surface area contributed by atoms with E-state index in [-0.39, 0.29) is 31.1 Å². The highest BCUT2D eigenvalue weighted by molar-refractivity contribution is 5.89. The van der Waals surface area contributed by atoms with Crippen molar-refractivity contribution in [2.24, 2.45) is 5.92 Å². The number of carbonyl (C=O) groups is 2. The average molecular weight is 422 g/mol. The van der Waals surface area contributed by atoms with E-state index in [1.54, 1.807) is 6.07 Å². The second-order valence-corrected chi connectivity index (χ2v) is 8.28. The molecular formula is C22H32FN3O4. The predicted octanol–water partition coefficient (Wildman–Crippen LogP) is 2.94. The summed E-state index contributed by atoms with van der Waals surface area (Å²) in [4.78, 5) is 24.5. The summed E-state index contributed by atoms with van der Waals surface area (Å²) in [6.45, 7) is 0.463. The second-order valence-electron chi connectivity index (χ2n) is 8.28. The average Bonchev–Trinajstić information content (AvgIpc) is 2.74. The van der Waals surface area contributed by atoms with Crippen LogP contribution in [0.3, 0.4) is 0 Å². The second kappa shape index (κ2) is 11.3. The summed E-state index contributed by atoms with van der Waals surface area (Å²) in [5, 5.41) is 18.0. The number of nitrogens with one attached hydrogen (secondary N) is 3. The van der Waals surface area contributed by atoms with Crippen LogP contribution in [-0.2, 0) is 9.53 Å². The summed E-state index contributed by atoms with van der Waals surface area (Å²) in [5.74, 6) is 0.106. The fraction of sp³-hybridized carbons (Fsp3) is 0.636. The highest BCUT2D eigenvalue weighted by Crippen LogP contribution is 2.24. The first-order valence-electron chi connectivity index (χ1n) is 10.9. The molecule has 1 aliphatic heterocycles. The van der Waals surface area contributed by atoms with Crippen LogP contribution >= 0.6 is 0 Å². The summed E-state index contributed by atoms with van der Waals surface area (Å²) in [6.07, 6.45) is 6.71. The van der Waals surface area contributed by atoms with Crippen molar-refractivity contribution in [3.05, 3.63) is 30.1 Å². The van der Waals surface area contributed by atoms with Gasteiger partial charge in [-0.3, -0.25) is 4.79 Å². The van der Waals surface area contributed by atoms with Crippen LogP contribution in [0, 0.1) is 11.7 Å². The van der Waals surface area contributed by atoms with Gasteiger partial charge in [0, 0.05) is 12.2 Å². The molecule has 8 heteroatoms. The lowest BCUT2D eigenvalue weighted by Crippen LogP contribution is -2.52. The number of benzene rings is 1. The first kappa shape index (κ1) is 22.5. The highest BCUT2D eigenvalue weighted by atomic mass is 19.1. The van der Waals surface area contributed by atoms with Gasteiger partial charge in [0.2, 0.25) is 5.91 Å². The first-order valence-corrected chi connectivity index (χ1v) is 10.9. The molecule has 1 aromatic rings. The van der Waals surface area contributed by atoms with Gasteiger partial charge in [-0.15, -0.1) is 0 Å². The van der Waals surface area contributed by atoms with Crippen LogP contribution in [0.5, 0.6) is 0 Å². The van der Waals surface area contributed by atoms with Gasteiger partial charge in [0.1, 0.15) is 11.9 Å². The minimum atomic E-state index is -0.590. The SMILES string of the molecule is O=C(C[C@H]1CC[C@@H](NC(=O)Nc2cccc(F)c2)[C@H](CO)O1)NCC1CCCCC1. The molecule has 3 atom stereocenters. The Hall–Kier alpha value is -2.19. The Balaban J connectivity index is 1.41. The van der Waals surface area contributed by atoms with E-state index < -0.39 is 18.0 Å². The van der Waals surface area contributed by atoms with Crippen molar-refractivity contribution in [3.63, 3.8) is 0 Å². The van der Waals surface area contributed by atoms with Crippen LogP contribution in [0.4, 0.5) is 14.9 Å². The maximum Gasteiger partial charge on any atom is 0.319 e. The normalized spacial score (nSPS) is 24.8. The van der Waals surface area contributed by atoms with Crippen molar-refractivity contribution in [2.45, 2.75) is 69.6 Å². The molecular weight excluding hydrogens is 389 g/mol. The van der Waals surface area contributed by atoms with E-state index in [2.05, 4.69) is 16.0 Å². The third-order valence-corrected chi connectivity index (χ3v) is 5.92. The minimum Gasteiger partial charge on any atom is -0.394 e. The Labute approximate surface area is 176 Å². The summed E-state index contributed by atoms with van der Waals surface area (Å²) in [7, 11) is 0. The van der Waals surface area contributed by atoms with Crippen LogP contribution in [0.1, 0.15) is 51.4 Å².